The maximum Gasteiger partial charge on any atom is 0.276 e. The first kappa shape index (κ1) is 16.9. The molecular formula is C18H18ClN3OS. The van der Waals surface area contributed by atoms with Crippen LogP contribution in [0, 0.1) is 6.92 Å². The van der Waals surface area contributed by atoms with E-state index in [2.05, 4.69) is 17.2 Å². The fourth-order valence-electron chi connectivity index (χ4n) is 2.69. The van der Waals surface area contributed by atoms with E-state index in [0.717, 1.165) is 29.3 Å². The number of benzene rings is 1. The van der Waals surface area contributed by atoms with Gasteiger partial charge in [-0.25, -0.2) is 4.98 Å². The second-order valence-corrected chi connectivity index (χ2v) is 6.56. The minimum atomic E-state index is -0.117. The first-order valence-electron chi connectivity index (χ1n) is 7.91. The van der Waals surface area contributed by atoms with Gasteiger partial charge in [-0.15, -0.1) is 0 Å². The van der Waals surface area contributed by atoms with Crippen molar-refractivity contribution in [2.75, 3.05) is 6.54 Å². The number of unbranched alkanes of at least 4 members (excludes halogenated alkanes) is 1. The van der Waals surface area contributed by atoms with Crippen molar-refractivity contribution >= 4 is 51.8 Å². The van der Waals surface area contributed by atoms with Gasteiger partial charge in [-0.05, 0) is 43.3 Å². The molecule has 2 aromatic rings. The van der Waals surface area contributed by atoms with Crippen LogP contribution >= 0.6 is 23.8 Å². The maximum atomic E-state index is 12.5. The van der Waals surface area contributed by atoms with Crippen LogP contribution < -0.4 is 5.32 Å². The van der Waals surface area contributed by atoms with Crippen LogP contribution in [-0.4, -0.2) is 27.4 Å². The van der Waals surface area contributed by atoms with Gasteiger partial charge in [0.2, 0.25) is 0 Å². The summed E-state index contributed by atoms with van der Waals surface area (Å²) in [5, 5.41) is 4.79. The molecule has 0 radical (unpaired) electrons. The summed E-state index contributed by atoms with van der Waals surface area (Å²) in [5.41, 5.74) is 3.07. The predicted octanol–water partition coefficient (Wildman–Crippen LogP) is 4.05. The topological polar surface area (TPSA) is 45.2 Å². The number of carbonyl (C=O) groups is 1. The Bertz CT molecular complexity index is 863. The average Bonchev–Trinajstić information content (AvgIpc) is 2.81. The molecule has 0 bridgehead atoms. The summed E-state index contributed by atoms with van der Waals surface area (Å²) in [6.45, 7) is 4.70. The second-order valence-electron chi connectivity index (χ2n) is 5.81. The number of halogens is 1. The lowest BCUT2D eigenvalue weighted by molar-refractivity contribution is -0.122. The SMILES string of the molecule is CCCCN1C(=O)/C(=C/c2cc3cccc(C)c3nc2Cl)NC1=S. The van der Waals surface area contributed by atoms with Gasteiger partial charge in [0.1, 0.15) is 10.9 Å². The Kier molecular flexibility index (Phi) is 4.83. The molecule has 1 saturated heterocycles. The van der Waals surface area contributed by atoms with Gasteiger partial charge in [0.25, 0.3) is 5.91 Å². The highest BCUT2D eigenvalue weighted by Crippen LogP contribution is 2.25. The highest BCUT2D eigenvalue weighted by molar-refractivity contribution is 7.80. The normalized spacial score (nSPS) is 16.3. The summed E-state index contributed by atoms with van der Waals surface area (Å²) >= 11 is 11.6. The molecular weight excluding hydrogens is 342 g/mol. The van der Waals surface area contributed by atoms with Crippen LogP contribution in [0.15, 0.2) is 30.0 Å². The van der Waals surface area contributed by atoms with Crippen molar-refractivity contribution < 1.29 is 4.79 Å². The molecule has 4 nitrogen and oxygen atoms in total. The lowest BCUT2D eigenvalue weighted by Crippen LogP contribution is -2.31. The molecule has 1 aromatic carbocycles. The molecule has 0 unspecified atom stereocenters. The fraction of sp³-hybridized carbons (Fsp3) is 0.278. The molecule has 6 heteroatoms. The number of aryl methyl sites for hydroxylation is 1. The van der Waals surface area contributed by atoms with Crippen molar-refractivity contribution in [1.82, 2.24) is 15.2 Å². The van der Waals surface area contributed by atoms with E-state index >= 15 is 0 Å². The summed E-state index contributed by atoms with van der Waals surface area (Å²) in [7, 11) is 0. The molecule has 1 fully saturated rings. The van der Waals surface area contributed by atoms with E-state index in [1.54, 1.807) is 11.0 Å². The molecule has 0 atom stereocenters. The lowest BCUT2D eigenvalue weighted by Gasteiger charge is -2.12. The van der Waals surface area contributed by atoms with Crippen LogP contribution in [0.2, 0.25) is 5.15 Å². The van der Waals surface area contributed by atoms with E-state index < -0.39 is 0 Å². The predicted molar refractivity (Wildman–Crippen MR) is 102 cm³/mol. The summed E-state index contributed by atoms with van der Waals surface area (Å²) in [6, 6.07) is 7.90. The third-order valence-electron chi connectivity index (χ3n) is 4.03. The molecule has 0 aliphatic carbocycles. The Morgan fingerprint density at radius 3 is 2.96 bits per heavy atom. The monoisotopic (exact) mass is 359 g/mol. The van der Waals surface area contributed by atoms with Crippen LogP contribution in [0.3, 0.4) is 0 Å². The van der Waals surface area contributed by atoms with E-state index in [-0.39, 0.29) is 5.91 Å². The molecule has 0 saturated carbocycles. The molecule has 24 heavy (non-hydrogen) atoms. The summed E-state index contributed by atoms with van der Waals surface area (Å²) in [5.74, 6) is -0.117. The molecule has 1 N–H and O–H groups in total. The maximum absolute atomic E-state index is 12.5. The molecule has 1 amide bonds. The van der Waals surface area contributed by atoms with Gasteiger partial charge < -0.3 is 5.32 Å². The Morgan fingerprint density at radius 1 is 1.42 bits per heavy atom. The van der Waals surface area contributed by atoms with Crippen molar-refractivity contribution in [3.05, 3.63) is 46.2 Å². The standard InChI is InChI=1S/C18H18ClN3OS/c1-3-4-8-22-17(23)14(20-18(22)24)10-13-9-12-7-5-6-11(2)15(12)21-16(13)19/h5-7,9-10H,3-4,8H2,1-2H3,(H,20,24)/b14-10-. The summed E-state index contributed by atoms with van der Waals surface area (Å²) < 4.78 is 0. The molecule has 1 aliphatic rings. The van der Waals surface area contributed by atoms with Gasteiger partial charge in [0.05, 0.1) is 5.52 Å². The minimum Gasteiger partial charge on any atom is -0.328 e. The number of aromatic nitrogens is 1. The Labute approximate surface area is 151 Å². The second kappa shape index (κ2) is 6.87. The van der Waals surface area contributed by atoms with Crippen LogP contribution in [-0.2, 0) is 4.79 Å². The molecule has 0 spiro atoms. The van der Waals surface area contributed by atoms with E-state index in [1.807, 2.05) is 31.2 Å². The Morgan fingerprint density at radius 2 is 2.21 bits per heavy atom. The zero-order valence-corrected chi connectivity index (χ0v) is 15.2. The van der Waals surface area contributed by atoms with Gasteiger partial charge in [0.15, 0.2) is 5.11 Å². The lowest BCUT2D eigenvalue weighted by atomic mass is 10.1. The van der Waals surface area contributed by atoms with Gasteiger partial charge in [-0.3, -0.25) is 9.69 Å². The number of fused-ring (bicyclic) bond motifs is 1. The number of carbonyl (C=O) groups excluding carboxylic acids is 1. The van der Waals surface area contributed by atoms with Crippen molar-refractivity contribution in [3.8, 4) is 0 Å². The largest absolute Gasteiger partial charge is 0.328 e. The van der Waals surface area contributed by atoms with Crippen LogP contribution in [0.4, 0.5) is 0 Å². The summed E-state index contributed by atoms with van der Waals surface area (Å²) in [6.07, 6.45) is 3.64. The number of para-hydroxylation sites is 1. The van der Waals surface area contributed by atoms with E-state index in [0.29, 0.717) is 28.1 Å². The summed E-state index contributed by atoms with van der Waals surface area (Å²) in [4.78, 5) is 18.6. The number of nitrogens with zero attached hydrogens (tertiary/aromatic N) is 2. The number of hydrogen-bond acceptors (Lipinski definition) is 3. The molecule has 3 rings (SSSR count). The number of nitrogens with one attached hydrogen (secondary N) is 1. The van der Waals surface area contributed by atoms with Gasteiger partial charge in [-0.1, -0.05) is 43.1 Å². The van der Waals surface area contributed by atoms with Crippen molar-refractivity contribution in [3.63, 3.8) is 0 Å². The molecule has 1 aliphatic heterocycles. The number of hydrogen-bond donors (Lipinski definition) is 1. The van der Waals surface area contributed by atoms with E-state index in [4.69, 9.17) is 23.8 Å². The quantitative estimate of drug-likeness (QED) is 0.508. The fourth-order valence-corrected chi connectivity index (χ4v) is 3.17. The van der Waals surface area contributed by atoms with Crippen LogP contribution in [0.25, 0.3) is 17.0 Å². The Hall–Kier alpha value is -1.98. The van der Waals surface area contributed by atoms with E-state index in [1.165, 1.54) is 0 Å². The van der Waals surface area contributed by atoms with Crippen molar-refractivity contribution in [2.45, 2.75) is 26.7 Å². The van der Waals surface area contributed by atoms with E-state index in [9.17, 15) is 4.79 Å². The number of amides is 1. The van der Waals surface area contributed by atoms with Crippen molar-refractivity contribution in [1.29, 1.82) is 0 Å². The van der Waals surface area contributed by atoms with Gasteiger partial charge >= 0.3 is 0 Å². The number of thiocarbonyl (C=S) groups is 1. The highest BCUT2D eigenvalue weighted by Gasteiger charge is 2.30. The smallest absolute Gasteiger partial charge is 0.276 e. The van der Waals surface area contributed by atoms with Crippen LogP contribution in [0.5, 0.6) is 0 Å². The highest BCUT2D eigenvalue weighted by atomic mass is 35.5. The zero-order chi connectivity index (χ0) is 17.3. The first-order chi connectivity index (χ1) is 11.5. The Balaban J connectivity index is 1.97. The van der Waals surface area contributed by atoms with Gasteiger partial charge in [0, 0.05) is 17.5 Å². The average molecular weight is 360 g/mol. The number of pyridine rings is 1. The van der Waals surface area contributed by atoms with Crippen molar-refractivity contribution in [2.24, 2.45) is 0 Å². The van der Waals surface area contributed by atoms with Gasteiger partial charge in [-0.2, -0.15) is 0 Å². The molecule has 2 heterocycles. The minimum absolute atomic E-state index is 0.117. The third-order valence-corrected chi connectivity index (χ3v) is 4.65. The zero-order valence-electron chi connectivity index (χ0n) is 13.6. The third kappa shape index (κ3) is 3.14. The van der Waals surface area contributed by atoms with Crippen LogP contribution in [0.1, 0.15) is 30.9 Å². The molecule has 1 aromatic heterocycles. The first-order valence-corrected chi connectivity index (χ1v) is 8.70. The number of rotatable bonds is 4. The molecule has 124 valence electrons.